The number of thioether (sulfide) groups is 1. The van der Waals surface area contributed by atoms with Gasteiger partial charge in [0.1, 0.15) is 5.58 Å². The van der Waals surface area contributed by atoms with Crippen LogP contribution >= 0.6 is 23.1 Å². The topological polar surface area (TPSA) is 96.7 Å². The molecule has 5 rings (SSSR count). The zero-order valence-corrected chi connectivity index (χ0v) is 18.1. The Bertz CT molecular complexity index is 1360. The monoisotopic (exact) mass is 447 g/mol. The standard InChI is InChI=1S/C22H17N5O2S2/c1-13-7-8-18(31-13)16-11-19(27-26-16)25-21(28)20-15(12-30-22-23-9-4-10-24-22)14-5-2-3-6-17(14)29-20/h2-11H,12H2,1H3,(H2,25,26,27,28). The van der Waals surface area contributed by atoms with E-state index in [0.717, 1.165) is 21.5 Å². The van der Waals surface area contributed by atoms with Crippen LogP contribution in [0.15, 0.2) is 70.5 Å². The molecule has 0 aliphatic heterocycles. The average Bonchev–Trinajstić information content (AvgIpc) is 3.51. The van der Waals surface area contributed by atoms with E-state index in [0.29, 0.717) is 22.3 Å². The van der Waals surface area contributed by atoms with Crippen molar-refractivity contribution in [1.29, 1.82) is 0 Å². The number of fused-ring (bicyclic) bond motifs is 1. The van der Waals surface area contributed by atoms with E-state index >= 15 is 0 Å². The molecule has 7 nitrogen and oxygen atoms in total. The third-order valence-corrected chi connectivity index (χ3v) is 6.55. The lowest BCUT2D eigenvalue weighted by molar-refractivity contribution is 0.0997. The predicted molar refractivity (Wildman–Crippen MR) is 122 cm³/mol. The summed E-state index contributed by atoms with van der Waals surface area (Å²) < 4.78 is 5.91. The number of carbonyl (C=O) groups is 1. The van der Waals surface area contributed by atoms with E-state index in [1.54, 1.807) is 29.8 Å². The summed E-state index contributed by atoms with van der Waals surface area (Å²) in [4.78, 5) is 23.8. The number of rotatable bonds is 6. The van der Waals surface area contributed by atoms with Crippen LogP contribution in [0, 0.1) is 6.92 Å². The second-order valence-electron chi connectivity index (χ2n) is 6.76. The fraction of sp³-hybridized carbons (Fsp3) is 0.0909. The molecule has 9 heteroatoms. The number of anilines is 1. The number of H-pyrrole nitrogens is 1. The van der Waals surface area contributed by atoms with Gasteiger partial charge in [-0.1, -0.05) is 30.0 Å². The zero-order valence-electron chi connectivity index (χ0n) is 16.5. The molecular weight excluding hydrogens is 430 g/mol. The van der Waals surface area contributed by atoms with Crippen LogP contribution in [0.4, 0.5) is 5.82 Å². The normalized spacial score (nSPS) is 11.1. The van der Waals surface area contributed by atoms with Crippen LogP contribution in [-0.2, 0) is 5.75 Å². The molecule has 0 bridgehead atoms. The van der Waals surface area contributed by atoms with E-state index < -0.39 is 0 Å². The number of aromatic amines is 1. The number of furan rings is 1. The van der Waals surface area contributed by atoms with E-state index in [1.165, 1.54) is 16.6 Å². The van der Waals surface area contributed by atoms with Gasteiger partial charge >= 0.3 is 0 Å². The molecule has 2 N–H and O–H groups in total. The highest BCUT2D eigenvalue weighted by Gasteiger charge is 2.22. The molecule has 0 radical (unpaired) electrons. The summed E-state index contributed by atoms with van der Waals surface area (Å²) in [6, 6.07) is 15.3. The molecule has 1 aromatic carbocycles. The van der Waals surface area contributed by atoms with Crippen molar-refractivity contribution < 1.29 is 9.21 Å². The van der Waals surface area contributed by atoms with Gasteiger partial charge in [0.2, 0.25) is 0 Å². The summed E-state index contributed by atoms with van der Waals surface area (Å²) in [5.74, 6) is 0.864. The van der Waals surface area contributed by atoms with Crippen molar-refractivity contribution in [2.75, 3.05) is 5.32 Å². The van der Waals surface area contributed by atoms with E-state index in [4.69, 9.17) is 4.42 Å². The van der Waals surface area contributed by atoms with E-state index in [2.05, 4.69) is 32.4 Å². The van der Waals surface area contributed by atoms with Gasteiger partial charge in [-0.3, -0.25) is 9.89 Å². The second kappa shape index (κ2) is 8.37. The number of carbonyl (C=O) groups excluding carboxylic acids is 1. The SMILES string of the molecule is Cc1ccc(-c2cc(NC(=O)c3oc4ccccc4c3CSc3ncccn3)n[nH]2)s1. The lowest BCUT2D eigenvalue weighted by Crippen LogP contribution is -2.13. The molecule has 154 valence electrons. The quantitative estimate of drug-likeness (QED) is 0.262. The number of thiophene rings is 1. The van der Waals surface area contributed by atoms with Crippen LogP contribution in [-0.4, -0.2) is 26.1 Å². The van der Waals surface area contributed by atoms with Crippen LogP contribution in [0.1, 0.15) is 21.0 Å². The number of nitrogens with zero attached hydrogens (tertiary/aromatic N) is 3. The summed E-state index contributed by atoms with van der Waals surface area (Å²) in [6.07, 6.45) is 3.39. The molecule has 4 heterocycles. The summed E-state index contributed by atoms with van der Waals surface area (Å²) in [5, 5.41) is 11.6. The van der Waals surface area contributed by atoms with Gasteiger partial charge < -0.3 is 9.73 Å². The van der Waals surface area contributed by atoms with Gasteiger partial charge in [-0.05, 0) is 31.2 Å². The van der Waals surface area contributed by atoms with Gasteiger partial charge in [0, 0.05) is 40.0 Å². The number of nitrogens with one attached hydrogen (secondary N) is 2. The van der Waals surface area contributed by atoms with E-state index in [1.807, 2.05) is 42.5 Å². The van der Waals surface area contributed by atoms with Crippen molar-refractivity contribution in [2.45, 2.75) is 17.8 Å². The first kappa shape index (κ1) is 19.5. The lowest BCUT2D eigenvalue weighted by Gasteiger charge is -2.03. The van der Waals surface area contributed by atoms with Gasteiger partial charge in [0.15, 0.2) is 16.7 Å². The van der Waals surface area contributed by atoms with Crippen LogP contribution in [0.5, 0.6) is 0 Å². The molecule has 0 spiro atoms. The molecule has 5 aromatic rings. The molecule has 0 fully saturated rings. The minimum absolute atomic E-state index is 0.265. The summed E-state index contributed by atoms with van der Waals surface area (Å²) in [5.41, 5.74) is 2.32. The van der Waals surface area contributed by atoms with Gasteiger partial charge in [-0.25, -0.2) is 9.97 Å². The van der Waals surface area contributed by atoms with Gasteiger partial charge in [-0.15, -0.1) is 11.3 Å². The molecule has 0 unspecified atom stereocenters. The van der Waals surface area contributed by atoms with Crippen molar-refractivity contribution in [3.63, 3.8) is 0 Å². The minimum Gasteiger partial charge on any atom is -0.451 e. The Morgan fingerprint density at radius 3 is 2.81 bits per heavy atom. The van der Waals surface area contributed by atoms with Crippen molar-refractivity contribution in [2.24, 2.45) is 0 Å². The average molecular weight is 448 g/mol. The van der Waals surface area contributed by atoms with Crippen molar-refractivity contribution >= 4 is 45.8 Å². The minimum atomic E-state index is -0.346. The molecule has 0 aliphatic carbocycles. The molecule has 0 aliphatic rings. The van der Waals surface area contributed by atoms with Crippen LogP contribution in [0.2, 0.25) is 0 Å². The Morgan fingerprint density at radius 2 is 2.00 bits per heavy atom. The largest absolute Gasteiger partial charge is 0.451 e. The second-order valence-corrected chi connectivity index (χ2v) is 8.99. The number of benzene rings is 1. The zero-order chi connectivity index (χ0) is 21.2. The molecule has 1 amide bonds. The maximum absolute atomic E-state index is 13.1. The number of amides is 1. The number of aromatic nitrogens is 4. The highest BCUT2D eigenvalue weighted by atomic mass is 32.2. The fourth-order valence-corrected chi connectivity index (χ4v) is 4.85. The number of aryl methyl sites for hydroxylation is 1. The summed E-state index contributed by atoms with van der Waals surface area (Å²) in [7, 11) is 0. The van der Waals surface area contributed by atoms with Crippen molar-refractivity contribution in [3.05, 3.63) is 77.1 Å². The summed E-state index contributed by atoms with van der Waals surface area (Å²) in [6.45, 7) is 2.05. The Balaban J connectivity index is 1.41. The predicted octanol–water partition coefficient (Wildman–Crippen LogP) is 5.53. The maximum atomic E-state index is 13.1. The van der Waals surface area contributed by atoms with Crippen molar-refractivity contribution in [1.82, 2.24) is 20.2 Å². The van der Waals surface area contributed by atoms with Gasteiger partial charge in [0.05, 0.1) is 10.6 Å². The molecule has 0 atom stereocenters. The third-order valence-electron chi connectivity index (χ3n) is 4.62. The first-order valence-electron chi connectivity index (χ1n) is 9.51. The van der Waals surface area contributed by atoms with Gasteiger partial charge in [0.25, 0.3) is 5.91 Å². The number of hydrogen-bond acceptors (Lipinski definition) is 7. The Labute approximate surface area is 185 Å². The van der Waals surface area contributed by atoms with E-state index in [-0.39, 0.29) is 11.7 Å². The first-order chi connectivity index (χ1) is 15.2. The van der Waals surface area contributed by atoms with E-state index in [9.17, 15) is 4.79 Å². The Hall–Kier alpha value is -3.43. The molecule has 0 saturated carbocycles. The first-order valence-corrected chi connectivity index (χ1v) is 11.3. The highest BCUT2D eigenvalue weighted by molar-refractivity contribution is 7.98. The van der Waals surface area contributed by atoms with Crippen LogP contribution in [0.3, 0.4) is 0 Å². The molecular formula is C22H17N5O2S2. The highest BCUT2D eigenvalue weighted by Crippen LogP contribution is 2.32. The fourth-order valence-electron chi connectivity index (χ4n) is 3.19. The maximum Gasteiger partial charge on any atom is 0.292 e. The number of para-hydroxylation sites is 1. The number of hydrogen-bond donors (Lipinski definition) is 2. The van der Waals surface area contributed by atoms with Crippen molar-refractivity contribution in [3.8, 4) is 10.6 Å². The smallest absolute Gasteiger partial charge is 0.292 e. The van der Waals surface area contributed by atoms with Crippen LogP contribution < -0.4 is 5.32 Å². The molecule has 0 saturated heterocycles. The summed E-state index contributed by atoms with van der Waals surface area (Å²) >= 11 is 3.11. The molecule has 4 aromatic heterocycles. The Kier molecular flexibility index (Phi) is 5.27. The van der Waals surface area contributed by atoms with Crippen LogP contribution in [0.25, 0.3) is 21.5 Å². The lowest BCUT2D eigenvalue weighted by atomic mass is 10.1. The molecule has 31 heavy (non-hydrogen) atoms. The third kappa shape index (κ3) is 4.10. The van der Waals surface area contributed by atoms with Gasteiger partial charge in [-0.2, -0.15) is 5.10 Å². The Morgan fingerprint density at radius 1 is 1.16 bits per heavy atom.